The molecule has 0 amide bonds. The van der Waals surface area contributed by atoms with Gasteiger partial charge in [0.1, 0.15) is 4.84 Å². The minimum absolute atomic E-state index is 0.162. The van der Waals surface area contributed by atoms with Crippen LogP contribution in [0, 0.1) is 0 Å². The number of hydrogen-bond donors (Lipinski definition) is 0. The molecule has 0 aliphatic carbocycles. The van der Waals surface area contributed by atoms with Gasteiger partial charge in [-0.25, -0.2) is 0 Å². The normalized spacial score (nSPS) is 11.4. The summed E-state index contributed by atoms with van der Waals surface area (Å²) in [6.45, 7) is 0. The number of rotatable bonds is 16. The SMILES string of the molecule is ClCCCCCCCCCCCCCCCCC(Cl)Cl. The molecule has 0 saturated carbocycles. The molecule has 3 heteroatoms. The van der Waals surface area contributed by atoms with Crippen LogP contribution in [0.1, 0.15) is 96.3 Å². The fraction of sp³-hybridized carbons (Fsp3) is 1.00. The smallest absolute Gasteiger partial charge is 0.107 e. The van der Waals surface area contributed by atoms with Crippen molar-refractivity contribution in [1.82, 2.24) is 0 Å². The van der Waals surface area contributed by atoms with Gasteiger partial charge in [0.25, 0.3) is 0 Å². The zero-order chi connectivity index (χ0) is 14.9. The molecule has 0 N–H and O–H groups in total. The maximum atomic E-state index is 5.70. The van der Waals surface area contributed by atoms with E-state index in [-0.39, 0.29) is 4.84 Å². The number of alkyl halides is 3. The molecule has 0 nitrogen and oxygen atoms in total. The van der Waals surface area contributed by atoms with Gasteiger partial charge in [0, 0.05) is 5.88 Å². The van der Waals surface area contributed by atoms with Crippen LogP contribution in [0.4, 0.5) is 0 Å². The molecule has 0 radical (unpaired) electrons. The fourth-order valence-electron chi connectivity index (χ4n) is 2.51. The first-order valence-electron chi connectivity index (χ1n) is 8.61. The van der Waals surface area contributed by atoms with Gasteiger partial charge >= 0.3 is 0 Å². The molecule has 0 spiro atoms. The summed E-state index contributed by atoms with van der Waals surface area (Å²) in [5.41, 5.74) is 0. The highest BCUT2D eigenvalue weighted by atomic mass is 35.5. The van der Waals surface area contributed by atoms with Crippen LogP contribution in [0.15, 0.2) is 0 Å². The molecule has 0 aromatic heterocycles. The largest absolute Gasteiger partial charge is 0.127 e. The summed E-state index contributed by atoms with van der Waals surface area (Å²) in [6, 6.07) is 0. The summed E-state index contributed by atoms with van der Waals surface area (Å²) in [5.74, 6) is 0.832. The minimum Gasteiger partial charge on any atom is -0.127 e. The van der Waals surface area contributed by atoms with Crippen LogP contribution in [0.25, 0.3) is 0 Å². The summed E-state index contributed by atoms with van der Waals surface area (Å²) in [5, 5.41) is 0. The van der Waals surface area contributed by atoms with Crippen LogP contribution in [0.3, 0.4) is 0 Å². The summed E-state index contributed by atoms with van der Waals surface area (Å²) in [7, 11) is 0. The van der Waals surface area contributed by atoms with E-state index in [1.165, 1.54) is 89.9 Å². The molecule has 0 fully saturated rings. The fourth-order valence-corrected chi connectivity index (χ4v) is 3.01. The van der Waals surface area contributed by atoms with Crippen LogP contribution in [0.5, 0.6) is 0 Å². The van der Waals surface area contributed by atoms with Crippen LogP contribution >= 0.6 is 34.8 Å². The Bertz CT molecular complexity index is 172. The first-order chi connectivity index (χ1) is 9.77. The highest BCUT2D eigenvalue weighted by molar-refractivity contribution is 6.44. The van der Waals surface area contributed by atoms with Crippen LogP contribution in [-0.4, -0.2) is 10.7 Å². The predicted molar refractivity (Wildman–Crippen MR) is 95.5 cm³/mol. The van der Waals surface area contributed by atoms with Gasteiger partial charge in [0.05, 0.1) is 0 Å². The van der Waals surface area contributed by atoms with E-state index < -0.39 is 0 Å². The molecule has 0 unspecified atom stereocenters. The summed E-state index contributed by atoms with van der Waals surface area (Å²) in [6.07, 6.45) is 20.0. The Morgan fingerprint density at radius 2 is 0.750 bits per heavy atom. The average molecular weight is 344 g/mol. The van der Waals surface area contributed by atoms with E-state index in [1.807, 2.05) is 0 Å². The Labute approximate surface area is 141 Å². The van der Waals surface area contributed by atoms with Crippen molar-refractivity contribution in [3.05, 3.63) is 0 Å². The van der Waals surface area contributed by atoms with E-state index in [2.05, 4.69) is 0 Å². The molecule has 0 aliphatic rings. The van der Waals surface area contributed by atoms with Crippen LogP contribution < -0.4 is 0 Å². The second-order valence-electron chi connectivity index (χ2n) is 5.82. The zero-order valence-electron chi connectivity index (χ0n) is 13.0. The van der Waals surface area contributed by atoms with Gasteiger partial charge in [-0.15, -0.1) is 34.8 Å². The molecule has 122 valence electrons. The molecule has 0 heterocycles. The monoisotopic (exact) mass is 342 g/mol. The zero-order valence-corrected chi connectivity index (χ0v) is 15.3. The van der Waals surface area contributed by atoms with E-state index in [0.29, 0.717) is 0 Å². The van der Waals surface area contributed by atoms with E-state index in [1.54, 1.807) is 0 Å². The van der Waals surface area contributed by atoms with Crippen molar-refractivity contribution < 1.29 is 0 Å². The van der Waals surface area contributed by atoms with Crippen molar-refractivity contribution >= 4 is 34.8 Å². The quantitative estimate of drug-likeness (QED) is 0.197. The lowest BCUT2D eigenvalue weighted by atomic mass is 10.0. The molecule has 0 aromatic carbocycles. The molecular formula is C17H33Cl3. The lowest BCUT2D eigenvalue weighted by molar-refractivity contribution is 0.534. The van der Waals surface area contributed by atoms with Crippen molar-refractivity contribution in [2.75, 3.05) is 5.88 Å². The second-order valence-corrected chi connectivity index (χ2v) is 7.47. The Morgan fingerprint density at radius 1 is 0.450 bits per heavy atom. The summed E-state index contributed by atoms with van der Waals surface area (Å²) in [4.78, 5) is -0.162. The highest BCUT2D eigenvalue weighted by Crippen LogP contribution is 2.15. The Morgan fingerprint density at radius 3 is 1.05 bits per heavy atom. The van der Waals surface area contributed by atoms with E-state index in [4.69, 9.17) is 34.8 Å². The van der Waals surface area contributed by atoms with E-state index >= 15 is 0 Å². The number of hydrogen-bond acceptors (Lipinski definition) is 0. The van der Waals surface area contributed by atoms with Gasteiger partial charge in [0.2, 0.25) is 0 Å². The maximum Gasteiger partial charge on any atom is 0.107 e. The minimum atomic E-state index is -0.162. The third-order valence-electron chi connectivity index (χ3n) is 3.81. The molecular weight excluding hydrogens is 311 g/mol. The van der Waals surface area contributed by atoms with Gasteiger partial charge in [-0.1, -0.05) is 83.5 Å². The van der Waals surface area contributed by atoms with Crippen molar-refractivity contribution in [2.45, 2.75) is 101 Å². The van der Waals surface area contributed by atoms with E-state index in [0.717, 1.165) is 12.3 Å². The number of halogens is 3. The van der Waals surface area contributed by atoms with Gasteiger partial charge in [-0.2, -0.15) is 0 Å². The van der Waals surface area contributed by atoms with Gasteiger partial charge in [0.15, 0.2) is 0 Å². The van der Waals surface area contributed by atoms with Gasteiger partial charge in [-0.05, 0) is 12.8 Å². The van der Waals surface area contributed by atoms with Crippen molar-refractivity contribution in [3.63, 3.8) is 0 Å². The van der Waals surface area contributed by atoms with Gasteiger partial charge < -0.3 is 0 Å². The average Bonchev–Trinajstić information content (AvgIpc) is 2.43. The molecule has 0 aromatic rings. The second kappa shape index (κ2) is 17.9. The lowest BCUT2D eigenvalue weighted by Gasteiger charge is -2.03. The third-order valence-corrected chi connectivity index (χ3v) is 4.51. The first-order valence-corrected chi connectivity index (χ1v) is 10.0. The molecule has 0 saturated heterocycles. The molecule has 0 atom stereocenters. The third kappa shape index (κ3) is 18.9. The maximum absolute atomic E-state index is 5.70. The molecule has 0 rings (SSSR count). The standard InChI is InChI=1S/C17H33Cl3/c18-16-14-12-10-8-6-4-2-1-3-5-7-9-11-13-15-17(19)20/h17H,1-16H2. The highest BCUT2D eigenvalue weighted by Gasteiger charge is 1.98. The number of unbranched alkanes of at least 4 members (excludes halogenated alkanes) is 13. The topological polar surface area (TPSA) is 0 Å². The van der Waals surface area contributed by atoms with Crippen molar-refractivity contribution in [2.24, 2.45) is 0 Å². The van der Waals surface area contributed by atoms with E-state index in [9.17, 15) is 0 Å². The Kier molecular flexibility index (Phi) is 18.7. The van der Waals surface area contributed by atoms with Crippen molar-refractivity contribution in [3.8, 4) is 0 Å². The Balaban J connectivity index is 2.92. The lowest BCUT2D eigenvalue weighted by Crippen LogP contribution is -1.87. The molecule has 0 bridgehead atoms. The van der Waals surface area contributed by atoms with Crippen LogP contribution in [-0.2, 0) is 0 Å². The predicted octanol–water partition coefficient (Wildman–Crippen LogP) is 7.88. The van der Waals surface area contributed by atoms with Crippen LogP contribution in [0.2, 0.25) is 0 Å². The van der Waals surface area contributed by atoms with Gasteiger partial charge in [-0.3, -0.25) is 0 Å². The summed E-state index contributed by atoms with van der Waals surface area (Å²) < 4.78 is 0. The molecule has 0 aliphatic heterocycles. The van der Waals surface area contributed by atoms with Crippen molar-refractivity contribution in [1.29, 1.82) is 0 Å². The summed E-state index contributed by atoms with van der Waals surface area (Å²) >= 11 is 17.0. The molecule has 20 heavy (non-hydrogen) atoms. The Hall–Kier alpha value is 0.870. The first kappa shape index (κ1) is 20.9.